The fraction of sp³-hybridized carbons (Fsp3) is 0.206. The number of halogens is 2. The molecular weight excluding hydrogens is 553 g/mol. The summed E-state index contributed by atoms with van der Waals surface area (Å²) in [6.07, 6.45) is 0.608. The third kappa shape index (κ3) is 2.99. The van der Waals surface area contributed by atoms with E-state index in [1.54, 1.807) is 30.3 Å². The number of carbonyl (C=O) groups excluding carboxylic acids is 3. The van der Waals surface area contributed by atoms with Gasteiger partial charge in [-0.15, -0.1) is 0 Å². The van der Waals surface area contributed by atoms with Gasteiger partial charge in [0.2, 0.25) is 11.8 Å². The lowest BCUT2D eigenvalue weighted by atomic mass is 9.59. The highest BCUT2D eigenvalue weighted by Gasteiger charge is 2.79. The average Bonchev–Trinajstić information content (AvgIpc) is 3.55. The van der Waals surface area contributed by atoms with Gasteiger partial charge in [0.15, 0.2) is 5.78 Å². The molecule has 208 valence electrons. The number of aryl methyl sites for hydroxylation is 1. The van der Waals surface area contributed by atoms with Crippen LogP contribution in [0.1, 0.15) is 44.2 Å². The molecular formula is C34H25ClFN3O3. The Morgan fingerprint density at radius 1 is 0.905 bits per heavy atom. The minimum atomic E-state index is -1.63. The molecule has 42 heavy (non-hydrogen) atoms. The zero-order valence-corrected chi connectivity index (χ0v) is 23.3. The quantitative estimate of drug-likeness (QED) is 0.289. The summed E-state index contributed by atoms with van der Waals surface area (Å²) in [6.45, 7) is 2.33. The van der Waals surface area contributed by atoms with E-state index in [0.29, 0.717) is 46.1 Å². The third-order valence-electron chi connectivity index (χ3n) is 9.68. The normalized spacial score (nSPS) is 26.9. The van der Waals surface area contributed by atoms with Crippen LogP contribution in [-0.4, -0.2) is 29.0 Å². The fourth-order valence-corrected chi connectivity index (χ4v) is 8.27. The summed E-state index contributed by atoms with van der Waals surface area (Å²) in [5, 5.41) is 6.41. The van der Waals surface area contributed by atoms with Crippen molar-refractivity contribution in [2.75, 3.05) is 17.2 Å². The number of amides is 2. The van der Waals surface area contributed by atoms with E-state index < -0.39 is 40.5 Å². The minimum absolute atomic E-state index is 0.364. The predicted octanol–water partition coefficient (Wildman–Crippen LogP) is 5.94. The molecule has 0 aromatic heterocycles. The molecule has 2 spiro atoms. The maximum atomic E-state index is 15.1. The number of benzene rings is 4. The fourth-order valence-electron chi connectivity index (χ4n) is 8.10. The predicted molar refractivity (Wildman–Crippen MR) is 157 cm³/mol. The van der Waals surface area contributed by atoms with Gasteiger partial charge < -0.3 is 10.6 Å². The Labute approximate surface area is 246 Å². The van der Waals surface area contributed by atoms with Crippen LogP contribution in [0.3, 0.4) is 0 Å². The van der Waals surface area contributed by atoms with Gasteiger partial charge in [0.1, 0.15) is 16.8 Å². The van der Waals surface area contributed by atoms with Crippen LogP contribution in [0.5, 0.6) is 0 Å². The first-order valence-corrected chi connectivity index (χ1v) is 14.3. The van der Waals surface area contributed by atoms with Gasteiger partial charge >= 0.3 is 0 Å². The minimum Gasteiger partial charge on any atom is -0.325 e. The van der Waals surface area contributed by atoms with E-state index in [1.165, 1.54) is 18.2 Å². The number of hydrogen-bond donors (Lipinski definition) is 2. The van der Waals surface area contributed by atoms with E-state index in [-0.39, 0.29) is 5.78 Å². The average molecular weight is 578 g/mol. The molecule has 0 saturated carbocycles. The summed E-state index contributed by atoms with van der Waals surface area (Å²) in [7, 11) is 0. The highest BCUT2D eigenvalue weighted by atomic mass is 35.5. The molecule has 0 aliphatic carbocycles. The molecule has 4 aliphatic heterocycles. The number of ketones is 1. The molecule has 4 heterocycles. The van der Waals surface area contributed by atoms with Crippen LogP contribution in [0.2, 0.25) is 5.02 Å². The van der Waals surface area contributed by atoms with E-state index in [1.807, 2.05) is 48.2 Å². The molecule has 0 unspecified atom stereocenters. The largest absolute Gasteiger partial charge is 0.325 e. The van der Waals surface area contributed by atoms with Crippen molar-refractivity contribution in [1.29, 1.82) is 0 Å². The van der Waals surface area contributed by atoms with Crippen LogP contribution in [0.15, 0.2) is 84.9 Å². The standard InChI is InChI=1S/C34H25ClFN3O3/c1-18-6-8-20(9-7-18)28(40)29-33(24-17-22(36)11-13-26(24)37-31(33)41)30-23-5-3-2-4-19(23)14-15-39(30)34(29)25-16-21(35)10-12-27(25)38-32(34)42/h2-13,16-17,29-30H,14-15H2,1H3,(H,37,41)(H,38,42)/t29-,30-,33-,34+/m0/s1. The van der Waals surface area contributed by atoms with Crippen molar-refractivity contribution in [2.45, 2.75) is 30.3 Å². The Hall–Kier alpha value is -4.33. The number of nitrogens with zero attached hydrogens (tertiary/aromatic N) is 1. The van der Waals surface area contributed by atoms with Gasteiger partial charge in [-0.3, -0.25) is 19.3 Å². The highest BCUT2D eigenvalue weighted by Crippen LogP contribution is 2.69. The van der Waals surface area contributed by atoms with Crippen molar-refractivity contribution in [3.63, 3.8) is 0 Å². The highest BCUT2D eigenvalue weighted by molar-refractivity contribution is 6.31. The summed E-state index contributed by atoms with van der Waals surface area (Å²) in [5.74, 6) is -2.96. The SMILES string of the molecule is Cc1ccc(C(=O)[C@H]2[C@]3(C(=O)Nc4ccc(F)cc43)[C@@H]3c4ccccc4CCN3[C@@]23C(=O)Nc2ccc(Cl)cc23)cc1. The van der Waals surface area contributed by atoms with E-state index in [0.717, 1.165) is 16.7 Å². The van der Waals surface area contributed by atoms with Crippen LogP contribution < -0.4 is 10.6 Å². The third-order valence-corrected chi connectivity index (χ3v) is 9.91. The van der Waals surface area contributed by atoms with Crippen LogP contribution in [0.4, 0.5) is 15.8 Å². The Morgan fingerprint density at radius 2 is 1.62 bits per heavy atom. The van der Waals surface area contributed by atoms with E-state index in [9.17, 15) is 9.59 Å². The Bertz CT molecular complexity index is 1870. The molecule has 6 nitrogen and oxygen atoms in total. The maximum Gasteiger partial charge on any atom is 0.250 e. The maximum absolute atomic E-state index is 15.1. The molecule has 8 rings (SSSR count). The monoisotopic (exact) mass is 577 g/mol. The van der Waals surface area contributed by atoms with Gasteiger partial charge in [0, 0.05) is 34.1 Å². The topological polar surface area (TPSA) is 78.5 Å². The van der Waals surface area contributed by atoms with Crippen LogP contribution in [0.25, 0.3) is 0 Å². The Balaban J connectivity index is 1.54. The second-order valence-electron chi connectivity index (χ2n) is 11.6. The van der Waals surface area contributed by atoms with Gasteiger partial charge in [-0.05, 0) is 66.4 Å². The number of Topliss-reactive ketones (excluding diaryl/α,β-unsaturated/α-hetero) is 1. The first-order valence-electron chi connectivity index (χ1n) is 14.0. The number of hydrogen-bond acceptors (Lipinski definition) is 4. The molecule has 4 aromatic rings. The summed E-state index contributed by atoms with van der Waals surface area (Å²) in [5.41, 5.74) is 1.90. The number of fused-ring (bicyclic) bond motifs is 9. The van der Waals surface area contributed by atoms with E-state index in [4.69, 9.17) is 11.6 Å². The lowest BCUT2D eigenvalue weighted by Gasteiger charge is -2.42. The van der Waals surface area contributed by atoms with Gasteiger partial charge in [-0.2, -0.15) is 0 Å². The van der Waals surface area contributed by atoms with Crippen molar-refractivity contribution >= 4 is 40.6 Å². The van der Waals surface area contributed by atoms with Gasteiger partial charge in [0.05, 0.1) is 12.0 Å². The van der Waals surface area contributed by atoms with Crippen molar-refractivity contribution in [1.82, 2.24) is 4.90 Å². The van der Waals surface area contributed by atoms with Crippen LogP contribution in [-0.2, 0) is 27.0 Å². The van der Waals surface area contributed by atoms with E-state index in [2.05, 4.69) is 10.6 Å². The van der Waals surface area contributed by atoms with Gasteiger partial charge in [-0.25, -0.2) is 4.39 Å². The molecule has 8 heteroatoms. The molecule has 4 atom stereocenters. The zero-order valence-electron chi connectivity index (χ0n) is 22.6. The van der Waals surface area contributed by atoms with Gasteiger partial charge in [-0.1, -0.05) is 65.7 Å². The second kappa shape index (κ2) is 8.60. The molecule has 2 N–H and O–H groups in total. The lowest BCUT2D eigenvalue weighted by molar-refractivity contribution is -0.128. The van der Waals surface area contributed by atoms with Crippen LogP contribution >= 0.6 is 11.6 Å². The number of carbonyl (C=O) groups is 3. The zero-order chi connectivity index (χ0) is 29.0. The molecule has 4 aromatic carbocycles. The second-order valence-corrected chi connectivity index (χ2v) is 12.1. The first-order chi connectivity index (χ1) is 20.3. The van der Waals surface area contributed by atoms with Crippen molar-refractivity contribution in [3.8, 4) is 0 Å². The van der Waals surface area contributed by atoms with Crippen LogP contribution in [0, 0.1) is 18.7 Å². The van der Waals surface area contributed by atoms with Crippen molar-refractivity contribution in [3.05, 3.63) is 129 Å². The number of nitrogens with one attached hydrogen (secondary N) is 2. The summed E-state index contributed by atoms with van der Waals surface area (Å²) in [6, 6.07) is 23.5. The summed E-state index contributed by atoms with van der Waals surface area (Å²) in [4.78, 5) is 46.4. The van der Waals surface area contributed by atoms with Crippen molar-refractivity contribution < 1.29 is 18.8 Å². The lowest BCUT2D eigenvalue weighted by Crippen LogP contribution is -2.55. The van der Waals surface area contributed by atoms with Gasteiger partial charge in [0.25, 0.3) is 0 Å². The van der Waals surface area contributed by atoms with E-state index >= 15 is 9.18 Å². The molecule has 0 radical (unpaired) electrons. The first kappa shape index (κ1) is 25.4. The molecule has 1 saturated heterocycles. The number of anilines is 2. The molecule has 2 amide bonds. The van der Waals surface area contributed by atoms with Crippen molar-refractivity contribution in [2.24, 2.45) is 5.92 Å². The summed E-state index contributed by atoms with van der Waals surface area (Å²) < 4.78 is 15.1. The summed E-state index contributed by atoms with van der Waals surface area (Å²) >= 11 is 6.56. The number of rotatable bonds is 2. The smallest absolute Gasteiger partial charge is 0.250 e. The Kier molecular flexibility index (Phi) is 5.20. The Morgan fingerprint density at radius 3 is 2.43 bits per heavy atom. The molecule has 0 bridgehead atoms. The molecule has 4 aliphatic rings. The molecule has 1 fully saturated rings.